The number of ether oxygens (including phenoxy) is 2. The molecule has 0 aliphatic carbocycles. The summed E-state index contributed by atoms with van der Waals surface area (Å²) < 4.78 is 10.3. The number of hydrogen-bond acceptors (Lipinski definition) is 6. The van der Waals surface area contributed by atoms with Crippen LogP contribution < -0.4 is 0 Å². The van der Waals surface area contributed by atoms with Gasteiger partial charge in [0, 0.05) is 0 Å². The number of hydrogen-bond donors (Lipinski definition) is 3. The number of unbranched alkanes of at least 4 members (excludes halogenated alkanes) is 19. The van der Waals surface area contributed by atoms with Crippen LogP contribution in [-0.4, -0.2) is 46.7 Å². The lowest BCUT2D eigenvalue weighted by molar-refractivity contribution is -0.148. The molecule has 0 aromatic rings. The molecule has 0 spiro atoms. The molecule has 0 aromatic heterocycles. The van der Waals surface area contributed by atoms with Crippen molar-refractivity contribution in [2.75, 3.05) is 13.2 Å². The summed E-state index contributed by atoms with van der Waals surface area (Å²) in [7, 11) is 0. The Kier molecular flexibility index (Phi) is 19.0. The number of carbonyl (C=O) groups excluding carboxylic acids is 1. The van der Waals surface area contributed by atoms with Gasteiger partial charge in [0.1, 0.15) is 6.10 Å². The third kappa shape index (κ3) is 14.2. The molecule has 0 fully saturated rings. The molecule has 0 unspecified atom stereocenters. The van der Waals surface area contributed by atoms with E-state index in [-0.39, 0.29) is 5.76 Å². The zero-order chi connectivity index (χ0) is 24.9. The van der Waals surface area contributed by atoms with E-state index in [2.05, 4.69) is 6.92 Å². The van der Waals surface area contributed by atoms with Gasteiger partial charge in [0.25, 0.3) is 0 Å². The van der Waals surface area contributed by atoms with Gasteiger partial charge in [-0.25, -0.2) is 4.79 Å². The third-order valence-corrected chi connectivity index (χ3v) is 6.71. The first-order valence-electron chi connectivity index (χ1n) is 14.2. The lowest BCUT2D eigenvalue weighted by atomic mass is 10.0. The Morgan fingerprint density at radius 1 is 0.735 bits per heavy atom. The first kappa shape index (κ1) is 30.8. The predicted octanol–water partition coefficient (Wildman–Crippen LogP) is 6.87. The number of esters is 1. The standard InChI is InChI=1S/C28H52O6/c1-2-3-4-5-6-7-8-9-10-11-12-13-14-15-16-17-18-19-20-21-22-33-27-25(31)28(32)34-26(27)24(30)23-29/h24,26,29-31H,2-23H2,1H3/t24-,26+/m0/s1. The second-order valence-electron chi connectivity index (χ2n) is 9.85. The fraction of sp³-hybridized carbons (Fsp3) is 0.893. The van der Waals surface area contributed by atoms with Gasteiger partial charge in [0.15, 0.2) is 11.9 Å². The second kappa shape index (κ2) is 21.0. The molecular weight excluding hydrogens is 432 g/mol. The monoisotopic (exact) mass is 484 g/mol. The molecule has 1 aliphatic heterocycles. The van der Waals surface area contributed by atoms with Crippen LogP contribution in [0.25, 0.3) is 0 Å². The van der Waals surface area contributed by atoms with Crippen LogP contribution in [0.4, 0.5) is 0 Å². The predicted molar refractivity (Wildman–Crippen MR) is 137 cm³/mol. The molecule has 3 N–H and O–H groups in total. The summed E-state index contributed by atoms with van der Waals surface area (Å²) in [4.78, 5) is 11.4. The Hall–Kier alpha value is -1.27. The number of rotatable bonds is 24. The molecule has 0 amide bonds. The van der Waals surface area contributed by atoms with Crippen LogP contribution in [0.2, 0.25) is 0 Å². The Morgan fingerprint density at radius 3 is 1.50 bits per heavy atom. The van der Waals surface area contributed by atoms with Crippen molar-refractivity contribution in [1.29, 1.82) is 0 Å². The zero-order valence-corrected chi connectivity index (χ0v) is 21.8. The Labute approximate surface area is 208 Å². The van der Waals surface area contributed by atoms with E-state index < -0.39 is 30.5 Å². The average molecular weight is 485 g/mol. The van der Waals surface area contributed by atoms with E-state index in [0.717, 1.165) is 19.3 Å². The summed E-state index contributed by atoms with van der Waals surface area (Å²) in [6.07, 6.45) is 24.0. The molecule has 1 aliphatic rings. The highest BCUT2D eigenvalue weighted by molar-refractivity contribution is 5.89. The van der Waals surface area contributed by atoms with Gasteiger partial charge < -0.3 is 24.8 Å². The summed E-state index contributed by atoms with van der Waals surface area (Å²) in [6, 6.07) is 0. The van der Waals surface area contributed by atoms with Gasteiger partial charge >= 0.3 is 5.97 Å². The van der Waals surface area contributed by atoms with E-state index in [1.165, 1.54) is 109 Å². The maximum atomic E-state index is 11.4. The minimum absolute atomic E-state index is 0.0654. The highest BCUT2D eigenvalue weighted by atomic mass is 16.6. The van der Waals surface area contributed by atoms with E-state index in [1.807, 2.05) is 0 Å². The van der Waals surface area contributed by atoms with Crippen molar-refractivity contribution in [3.05, 3.63) is 11.5 Å². The van der Waals surface area contributed by atoms with Gasteiger partial charge in [-0.05, 0) is 6.42 Å². The van der Waals surface area contributed by atoms with Crippen molar-refractivity contribution in [2.24, 2.45) is 0 Å². The third-order valence-electron chi connectivity index (χ3n) is 6.71. The van der Waals surface area contributed by atoms with Gasteiger partial charge in [-0.1, -0.05) is 129 Å². The highest BCUT2D eigenvalue weighted by Gasteiger charge is 2.40. The SMILES string of the molecule is CCCCCCCCCCCCCCCCCCCCCCOC1=C(O)C(=O)O[C@@H]1[C@@H](O)CO. The Balaban J connectivity index is 1.83. The van der Waals surface area contributed by atoms with E-state index >= 15 is 0 Å². The molecule has 6 nitrogen and oxygen atoms in total. The summed E-state index contributed by atoms with van der Waals surface area (Å²) >= 11 is 0. The van der Waals surface area contributed by atoms with Crippen molar-refractivity contribution in [2.45, 2.75) is 148 Å². The molecule has 34 heavy (non-hydrogen) atoms. The van der Waals surface area contributed by atoms with E-state index in [1.54, 1.807) is 0 Å². The minimum atomic E-state index is -1.29. The topological polar surface area (TPSA) is 96.2 Å². The van der Waals surface area contributed by atoms with Crippen LogP contribution >= 0.6 is 0 Å². The van der Waals surface area contributed by atoms with Crippen LogP contribution in [-0.2, 0) is 14.3 Å². The lowest BCUT2D eigenvalue weighted by Crippen LogP contribution is -2.32. The van der Waals surface area contributed by atoms with Gasteiger partial charge in [0.05, 0.1) is 13.2 Å². The van der Waals surface area contributed by atoms with E-state index in [9.17, 15) is 15.0 Å². The van der Waals surface area contributed by atoms with Crippen LogP contribution in [0.1, 0.15) is 135 Å². The van der Waals surface area contributed by atoms with Gasteiger partial charge in [-0.15, -0.1) is 0 Å². The van der Waals surface area contributed by atoms with E-state index in [0.29, 0.717) is 6.61 Å². The fourth-order valence-electron chi connectivity index (χ4n) is 4.50. The molecule has 0 saturated carbocycles. The second-order valence-corrected chi connectivity index (χ2v) is 9.85. The van der Waals surface area contributed by atoms with Crippen molar-refractivity contribution >= 4 is 5.97 Å². The molecule has 2 atom stereocenters. The molecule has 0 bridgehead atoms. The van der Waals surface area contributed by atoms with Gasteiger partial charge in [-0.2, -0.15) is 0 Å². The van der Waals surface area contributed by atoms with E-state index in [4.69, 9.17) is 14.6 Å². The number of carbonyl (C=O) groups is 1. The highest BCUT2D eigenvalue weighted by Crippen LogP contribution is 2.25. The molecule has 200 valence electrons. The molecule has 1 heterocycles. The molecule has 0 saturated heterocycles. The Bertz CT molecular complexity index is 533. The lowest BCUT2D eigenvalue weighted by Gasteiger charge is -2.18. The normalized spacial score (nSPS) is 16.8. The molecule has 6 heteroatoms. The summed E-state index contributed by atoms with van der Waals surface area (Å²) in [5.74, 6) is -1.59. The van der Waals surface area contributed by atoms with Gasteiger partial charge in [-0.3, -0.25) is 0 Å². The number of aliphatic hydroxyl groups excluding tert-OH is 3. The minimum Gasteiger partial charge on any atom is -0.499 e. The molecule has 0 aromatic carbocycles. The number of cyclic esters (lactones) is 1. The van der Waals surface area contributed by atoms with Crippen molar-refractivity contribution < 1.29 is 29.6 Å². The molecule has 0 radical (unpaired) electrons. The number of aliphatic hydroxyl groups is 3. The maximum absolute atomic E-state index is 11.4. The summed E-state index contributed by atoms with van der Waals surface area (Å²) in [6.45, 7) is 2.05. The van der Waals surface area contributed by atoms with Crippen molar-refractivity contribution in [3.63, 3.8) is 0 Å². The van der Waals surface area contributed by atoms with Crippen LogP contribution in [0.15, 0.2) is 11.5 Å². The van der Waals surface area contributed by atoms with Crippen LogP contribution in [0.3, 0.4) is 0 Å². The van der Waals surface area contributed by atoms with Crippen molar-refractivity contribution in [1.82, 2.24) is 0 Å². The van der Waals surface area contributed by atoms with Crippen LogP contribution in [0.5, 0.6) is 0 Å². The fourth-order valence-corrected chi connectivity index (χ4v) is 4.50. The van der Waals surface area contributed by atoms with Crippen molar-refractivity contribution in [3.8, 4) is 0 Å². The zero-order valence-electron chi connectivity index (χ0n) is 21.8. The first-order valence-corrected chi connectivity index (χ1v) is 14.2. The first-order chi connectivity index (χ1) is 16.6. The van der Waals surface area contributed by atoms with Crippen LogP contribution in [0, 0.1) is 0 Å². The summed E-state index contributed by atoms with van der Waals surface area (Å²) in [5.41, 5.74) is 0. The van der Waals surface area contributed by atoms with Gasteiger partial charge in [0.2, 0.25) is 5.76 Å². The quantitative estimate of drug-likeness (QED) is 0.102. The average Bonchev–Trinajstić information content (AvgIpc) is 3.13. The Morgan fingerprint density at radius 2 is 1.12 bits per heavy atom. The molecule has 1 rings (SSSR count). The largest absolute Gasteiger partial charge is 0.499 e. The smallest absolute Gasteiger partial charge is 0.378 e. The molecular formula is C28H52O6. The summed E-state index contributed by atoms with van der Waals surface area (Å²) in [5, 5.41) is 28.4. The maximum Gasteiger partial charge on any atom is 0.378 e.